The van der Waals surface area contributed by atoms with E-state index in [1.54, 1.807) is 13.8 Å². The second kappa shape index (κ2) is 8.65. The summed E-state index contributed by atoms with van der Waals surface area (Å²) in [4.78, 5) is 20.3. The quantitative estimate of drug-likeness (QED) is 0.628. The molecule has 0 spiro atoms. The minimum atomic E-state index is -3.61. The van der Waals surface area contributed by atoms with E-state index in [0.29, 0.717) is 24.2 Å². The van der Waals surface area contributed by atoms with Gasteiger partial charge in [0.25, 0.3) is 0 Å². The molecule has 1 fully saturated rings. The van der Waals surface area contributed by atoms with Crippen LogP contribution in [0, 0.1) is 11.8 Å². The summed E-state index contributed by atoms with van der Waals surface area (Å²) in [5.74, 6) is 0.725. The third-order valence-electron chi connectivity index (χ3n) is 5.22. The van der Waals surface area contributed by atoms with Crippen LogP contribution in [0.25, 0.3) is 0 Å². The van der Waals surface area contributed by atoms with Crippen LogP contribution in [-0.2, 0) is 10.0 Å². The number of pyridine rings is 1. The standard InChI is InChI=1S/C19H32N4O4S/c1-13(2)28(26,27)22(6)17-10-15(19(24)25)11-18(20-17)23(8-7-21(4)5)12-16-9-14(16)3/h10-11,13-14,16H,7-9,12H2,1-6H3,(H,24,25). The summed E-state index contributed by atoms with van der Waals surface area (Å²) >= 11 is 0. The van der Waals surface area contributed by atoms with Gasteiger partial charge in [0.15, 0.2) is 0 Å². The van der Waals surface area contributed by atoms with E-state index in [9.17, 15) is 18.3 Å². The summed E-state index contributed by atoms with van der Waals surface area (Å²) in [7, 11) is 1.77. The Labute approximate surface area is 168 Å². The third-order valence-corrected chi connectivity index (χ3v) is 7.36. The Hall–Kier alpha value is -1.87. The molecule has 1 aromatic heterocycles. The number of likely N-dealkylation sites (N-methyl/N-ethyl adjacent to an activating group) is 1. The molecule has 2 rings (SSSR count). The van der Waals surface area contributed by atoms with Gasteiger partial charge >= 0.3 is 5.97 Å². The zero-order valence-corrected chi connectivity index (χ0v) is 18.4. The molecule has 0 saturated heterocycles. The van der Waals surface area contributed by atoms with E-state index >= 15 is 0 Å². The van der Waals surface area contributed by atoms with E-state index in [1.807, 2.05) is 14.1 Å². The monoisotopic (exact) mass is 412 g/mol. The Kier molecular flexibility index (Phi) is 6.93. The van der Waals surface area contributed by atoms with Gasteiger partial charge in [-0.15, -0.1) is 0 Å². The van der Waals surface area contributed by atoms with Crippen molar-refractivity contribution in [2.45, 2.75) is 32.4 Å². The molecule has 0 radical (unpaired) electrons. The first-order chi connectivity index (χ1) is 12.9. The van der Waals surface area contributed by atoms with Gasteiger partial charge in [-0.05, 0) is 58.3 Å². The minimum Gasteiger partial charge on any atom is -0.478 e. The lowest BCUT2D eigenvalue weighted by Crippen LogP contribution is -2.36. The number of hydrogen-bond acceptors (Lipinski definition) is 6. The molecule has 2 unspecified atom stereocenters. The molecular formula is C19H32N4O4S. The second-order valence-corrected chi connectivity index (χ2v) is 10.7. The van der Waals surface area contributed by atoms with Crippen LogP contribution in [0.3, 0.4) is 0 Å². The van der Waals surface area contributed by atoms with Crippen molar-refractivity contribution in [2.75, 3.05) is 50.0 Å². The van der Waals surface area contributed by atoms with Crippen LogP contribution >= 0.6 is 0 Å². The highest BCUT2D eigenvalue weighted by Crippen LogP contribution is 2.39. The molecule has 158 valence electrons. The zero-order valence-electron chi connectivity index (χ0n) is 17.6. The van der Waals surface area contributed by atoms with E-state index in [0.717, 1.165) is 23.8 Å². The van der Waals surface area contributed by atoms with Gasteiger partial charge in [-0.2, -0.15) is 0 Å². The molecule has 1 aliphatic carbocycles. The maximum Gasteiger partial charge on any atom is 0.335 e. The van der Waals surface area contributed by atoms with E-state index in [2.05, 4.69) is 21.7 Å². The van der Waals surface area contributed by atoms with Crippen molar-refractivity contribution in [2.24, 2.45) is 11.8 Å². The van der Waals surface area contributed by atoms with Crippen LogP contribution < -0.4 is 9.21 Å². The fourth-order valence-electron chi connectivity index (χ4n) is 2.95. The Morgan fingerprint density at radius 3 is 2.25 bits per heavy atom. The van der Waals surface area contributed by atoms with Gasteiger partial charge in [0.2, 0.25) is 10.0 Å². The maximum atomic E-state index is 12.6. The topological polar surface area (TPSA) is 94.0 Å². The van der Waals surface area contributed by atoms with Crippen LogP contribution in [0.4, 0.5) is 11.6 Å². The first kappa shape index (κ1) is 22.4. The summed E-state index contributed by atoms with van der Waals surface area (Å²) in [5.41, 5.74) is 0.0319. The molecule has 0 amide bonds. The van der Waals surface area contributed by atoms with Crippen molar-refractivity contribution in [3.8, 4) is 0 Å². The Morgan fingerprint density at radius 1 is 1.21 bits per heavy atom. The lowest BCUT2D eigenvalue weighted by molar-refractivity contribution is 0.0696. The summed E-state index contributed by atoms with van der Waals surface area (Å²) in [5, 5.41) is 8.91. The zero-order chi connectivity index (χ0) is 21.2. The smallest absolute Gasteiger partial charge is 0.335 e. The van der Waals surface area contributed by atoms with Gasteiger partial charge in [-0.1, -0.05) is 6.92 Å². The molecule has 28 heavy (non-hydrogen) atoms. The summed E-state index contributed by atoms with van der Waals surface area (Å²) in [6.07, 6.45) is 1.14. The van der Waals surface area contributed by atoms with Gasteiger partial charge in [0, 0.05) is 26.7 Å². The fraction of sp³-hybridized carbons (Fsp3) is 0.684. The van der Waals surface area contributed by atoms with Crippen LogP contribution in [-0.4, -0.2) is 75.4 Å². The predicted molar refractivity (Wildman–Crippen MR) is 112 cm³/mol. The van der Waals surface area contributed by atoms with Gasteiger partial charge < -0.3 is 14.9 Å². The molecule has 1 aliphatic rings. The number of carbonyl (C=O) groups is 1. The van der Waals surface area contributed by atoms with Crippen LogP contribution in [0.15, 0.2) is 12.1 Å². The number of aromatic carboxylic acids is 1. The average molecular weight is 413 g/mol. The third kappa shape index (κ3) is 5.35. The maximum absolute atomic E-state index is 12.6. The van der Waals surface area contributed by atoms with E-state index in [4.69, 9.17) is 0 Å². The highest BCUT2D eigenvalue weighted by molar-refractivity contribution is 7.93. The molecule has 1 aromatic rings. The van der Waals surface area contributed by atoms with Gasteiger partial charge in [0.1, 0.15) is 11.6 Å². The fourth-order valence-corrected chi connectivity index (χ4v) is 3.94. The van der Waals surface area contributed by atoms with Crippen LogP contribution in [0.1, 0.15) is 37.6 Å². The molecule has 8 nitrogen and oxygen atoms in total. The van der Waals surface area contributed by atoms with Gasteiger partial charge in [-0.3, -0.25) is 4.31 Å². The molecular weight excluding hydrogens is 380 g/mol. The molecule has 0 aromatic carbocycles. The largest absolute Gasteiger partial charge is 0.478 e. The molecule has 1 heterocycles. The van der Waals surface area contributed by atoms with Crippen molar-refractivity contribution in [1.82, 2.24) is 9.88 Å². The number of hydrogen-bond donors (Lipinski definition) is 1. The second-order valence-electron chi connectivity index (χ2n) is 8.16. The number of carboxylic acids is 1. The summed E-state index contributed by atoms with van der Waals surface area (Å²) < 4.78 is 26.2. The number of sulfonamides is 1. The Balaban J connectivity index is 2.44. The number of rotatable bonds is 10. The number of anilines is 2. The highest BCUT2D eigenvalue weighted by Gasteiger charge is 2.34. The SMILES string of the molecule is CC1CC1CN(CCN(C)C)c1cc(C(=O)O)cc(N(C)S(=O)(=O)C(C)C)n1. The number of aromatic nitrogens is 1. The Morgan fingerprint density at radius 2 is 1.79 bits per heavy atom. The lowest BCUT2D eigenvalue weighted by Gasteiger charge is -2.28. The van der Waals surface area contributed by atoms with E-state index < -0.39 is 21.2 Å². The van der Waals surface area contributed by atoms with Crippen molar-refractivity contribution in [3.05, 3.63) is 17.7 Å². The molecule has 0 bridgehead atoms. The predicted octanol–water partition coefficient (Wildman–Crippen LogP) is 1.98. The molecule has 1 N–H and O–H groups in total. The van der Waals surface area contributed by atoms with Crippen molar-refractivity contribution in [1.29, 1.82) is 0 Å². The molecule has 0 aliphatic heterocycles. The summed E-state index contributed by atoms with van der Waals surface area (Å²) in [6, 6.07) is 2.85. The number of nitrogens with zero attached hydrogens (tertiary/aromatic N) is 4. The van der Waals surface area contributed by atoms with Crippen molar-refractivity contribution < 1.29 is 18.3 Å². The van der Waals surface area contributed by atoms with Crippen LogP contribution in [0.5, 0.6) is 0 Å². The summed E-state index contributed by atoms with van der Waals surface area (Å²) in [6.45, 7) is 7.63. The highest BCUT2D eigenvalue weighted by atomic mass is 32.2. The van der Waals surface area contributed by atoms with Crippen LogP contribution in [0.2, 0.25) is 0 Å². The van der Waals surface area contributed by atoms with Gasteiger partial charge in [0.05, 0.1) is 10.8 Å². The van der Waals surface area contributed by atoms with Crippen molar-refractivity contribution >= 4 is 27.6 Å². The first-order valence-electron chi connectivity index (χ1n) is 9.56. The van der Waals surface area contributed by atoms with Gasteiger partial charge in [-0.25, -0.2) is 18.2 Å². The van der Waals surface area contributed by atoms with Crippen molar-refractivity contribution in [3.63, 3.8) is 0 Å². The molecule has 9 heteroatoms. The first-order valence-corrected chi connectivity index (χ1v) is 11.1. The average Bonchev–Trinajstić information content (AvgIpc) is 3.31. The lowest BCUT2D eigenvalue weighted by atomic mass is 10.2. The molecule has 1 saturated carbocycles. The minimum absolute atomic E-state index is 0.0319. The molecule has 2 atom stereocenters. The van der Waals surface area contributed by atoms with E-state index in [-0.39, 0.29) is 11.4 Å². The Bertz CT molecular complexity index is 810. The van der Waals surface area contributed by atoms with E-state index in [1.165, 1.54) is 19.2 Å². The normalized spacial score (nSPS) is 19.1. The number of carboxylic acid groups (broad SMARTS) is 1.